The second kappa shape index (κ2) is 4.00. The van der Waals surface area contributed by atoms with Gasteiger partial charge in [0.1, 0.15) is 5.25 Å². The highest BCUT2D eigenvalue weighted by Crippen LogP contribution is 2.31. The van der Waals surface area contributed by atoms with Gasteiger partial charge in [0.2, 0.25) is 5.91 Å². The summed E-state index contributed by atoms with van der Waals surface area (Å²) in [5.41, 5.74) is 3.73. The van der Waals surface area contributed by atoms with Crippen LogP contribution in [0, 0.1) is 0 Å². The van der Waals surface area contributed by atoms with E-state index in [0.29, 0.717) is 0 Å². The Hall–Kier alpha value is -1.62. The third-order valence-electron chi connectivity index (χ3n) is 2.78. The van der Waals surface area contributed by atoms with Crippen molar-refractivity contribution in [1.82, 2.24) is 10.3 Å². The molecule has 2 aliphatic rings. The van der Waals surface area contributed by atoms with Gasteiger partial charge in [-0.1, -0.05) is 6.58 Å². The molecule has 2 aliphatic heterocycles. The fraction of sp³-hybridized carbons (Fsp3) is 0.250. The highest BCUT2D eigenvalue weighted by Gasteiger charge is 2.31. The maximum atomic E-state index is 11.9. The van der Waals surface area contributed by atoms with Gasteiger partial charge in [-0.25, -0.2) is 0 Å². The molecule has 3 heterocycles. The first kappa shape index (κ1) is 10.5. The minimum Gasteiger partial charge on any atom is -0.328 e. The standard InChI is InChI=1S/C12H11N3OS/c1-7-6-17-11(12(16)14-7)10-4-8-5-13-3-2-9(8)15-10/h2-3,5,11H,1,4,6H2,(H,14,16). The van der Waals surface area contributed by atoms with Crippen molar-refractivity contribution in [3.8, 4) is 0 Å². The van der Waals surface area contributed by atoms with Crippen LogP contribution >= 0.6 is 11.8 Å². The molecule has 0 saturated carbocycles. The van der Waals surface area contributed by atoms with Crippen LogP contribution in [-0.2, 0) is 11.2 Å². The number of hydrogen-bond acceptors (Lipinski definition) is 4. The van der Waals surface area contributed by atoms with E-state index in [2.05, 4.69) is 21.9 Å². The first-order valence-corrected chi connectivity index (χ1v) is 6.39. The number of hydrogen-bond donors (Lipinski definition) is 1. The third-order valence-corrected chi connectivity index (χ3v) is 4.11. The number of nitrogens with zero attached hydrogens (tertiary/aromatic N) is 2. The van der Waals surface area contributed by atoms with Crippen molar-refractivity contribution in [3.05, 3.63) is 36.3 Å². The number of carbonyl (C=O) groups excluding carboxylic acids is 1. The number of rotatable bonds is 1. The highest BCUT2D eigenvalue weighted by molar-refractivity contribution is 8.01. The molecule has 4 nitrogen and oxygen atoms in total. The van der Waals surface area contributed by atoms with Crippen LogP contribution in [0.2, 0.25) is 0 Å². The zero-order valence-electron chi connectivity index (χ0n) is 9.14. The average Bonchev–Trinajstić information content (AvgIpc) is 2.72. The molecule has 1 amide bonds. The van der Waals surface area contributed by atoms with Gasteiger partial charge in [-0.2, -0.15) is 0 Å². The van der Waals surface area contributed by atoms with E-state index in [-0.39, 0.29) is 11.2 Å². The molecular formula is C12H11N3OS. The molecule has 1 saturated heterocycles. The van der Waals surface area contributed by atoms with Gasteiger partial charge in [0.25, 0.3) is 0 Å². The Balaban J connectivity index is 1.84. The van der Waals surface area contributed by atoms with Crippen molar-refractivity contribution in [2.75, 3.05) is 5.75 Å². The topological polar surface area (TPSA) is 54.4 Å². The second-order valence-corrected chi connectivity index (χ2v) is 5.16. The number of carbonyl (C=O) groups is 1. The maximum absolute atomic E-state index is 11.9. The van der Waals surface area contributed by atoms with Gasteiger partial charge >= 0.3 is 0 Å². The van der Waals surface area contributed by atoms with Gasteiger partial charge < -0.3 is 5.32 Å². The minimum absolute atomic E-state index is 0.00855. The van der Waals surface area contributed by atoms with Crippen molar-refractivity contribution >= 4 is 29.1 Å². The monoisotopic (exact) mass is 245 g/mol. The SMILES string of the molecule is C=C1CSC(C2=Nc3ccncc3C2)C(=O)N1. The summed E-state index contributed by atoms with van der Waals surface area (Å²) in [6.45, 7) is 3.76. The van der Waals surface area contributed by atoms with E-state index in [1.165, 1.54) is 0 Å². The molecule has 1 N–H and O–H groups in total. The Kier molecular flexibility index (Phi) is 2.48. The lowest BCUT2D eigenvalue weighted by atomic mass is 10.1. The summed E-state index contributed by atoms with van der Waals surface area (Å²) in [5.74, 6) is 0.745. The van der Waals surface area contributed by atoms with Crippen LogP contribution in [0.5, 0.6) is 0 Å². The van der Waals surface area contributed by atoms with Crippen LogP contribution in [-0.4, -0.2) is 27.6 Å². The number of thioether (sulfide) groups is 1. The molecule has 1 aromatic rings. The van der Waals surface area contributed by atoms with Gasteiger partial charge in [0.15, 0.2) is 0 Å². The Morgan fingerprint density at radius 1 is 1.53 bits per heavy atom. The van der Waals surface area contributed by atoms with Crippen molar-refractivity contribution < 1.29 is 4.79 Å². The molecule has 5 heteroatoms. The van der Waals surface area contributed by atoms with Gasteiger partial charge in [-0.15, -0.1) is 11.8 Å². The maximum Gasteiger partial charge on any atom is 0.243 e. The van der Waals surface area contributed by atoms with E-state index in [0.717, 1.165) is 34.8 Å². The quantitative estimate of drug-likeness (QED) is 0.815. The molecule has 86 valence electrons. The van der Waals surface area contributed by atoms with E-state index in [9.17, 15) is 4.79 Å². The number of amides is 1. The molecule has 0 aromatic carbocycles. The molecule has 1 unspecified atom stereocenters. The zero-order valence-corrected chi connectivity index (χ0v) is 9.96. The predicted octanol–water partition coefficient (Wildman–Crippen LogP) is 1.46. The molecule has 0 aliphatic carbocycles. The van der Waals surface area contributed by atoms with Gasteiger partial charge in [-0.3, -0.25) is 14.8 Å². The van der Waals surface area contributed by atoms with Crippen LogP contribution in [0.1, 0.15) is 5.56 Å². The Morgan fingerprint density at radius 2 is 2.41 bits per heavy atom. The van der Waals surface area contributed by atoms with Crippen molar-refractivity contribution in [3.63, 3.8) is 0 Å². The van der Waals surface area contributed by atoms with E-state index in [1.54, 1.807) is 18.0 Å². The molecule has 17 heavy (non-hydrogen) atoms. The van der Waals surface area contributed by atoms with Crippen molar-refractivity contribution in [1.29, 1.82) is 0 Å². The van der Waals surface area contributed by atoms with Crippen LogP contribution < -0.4 is 5.32 Å². The molecule has 0 bridgehead atoms. The summed E-state index contributed by atoms with van der Waals surface area (Å²) >= 11 is 1.58. The summed E-state index contributed by atoms with van der Waals surface area (Å²) in [7, 11) is 0. The van der Waals surface area contributed by atoms with Crippen LogP contribution in [0.4, 0.5) is 5.69 Å². The fourth-order valence-electron chi connectivity index (χ4n) is 1.99. The van der Waals surface area contributed by atoms with E-state index >= 15 is 0 Å². The lowest BCUT2D eigenvalue weighted by Crippen LogP contribution is -2.42. The van der Waals surface area contributed by atoms with Crippen LogP contribution in [0.15, 0.2) is 35.7 Å². The number of aliphatic imine (C=N–C) groups is 1. The minimum atomic E-state index is -0.187. The first-order chi connectivity index (χ1) is 8.24. The van der Waals surface area contributed by atoms with Gasteiger partial charge in [0.05, 0.1) is 5.69 Å². The van der Waals surface area contributed by atoms with Crippen molar-refractivity contribution in [2.24, 2.45) is 4.99 Å². The lowest BCUT2D eigenvalue weighted by molar-refractivity contribution is -0.118. The summed E-state index contributed by atoms with van der Waals surface area (Å²) < 4.78 is 0. The molecule has 1 aromatic heterocycles. The Labute approximate surface area is 103 Å². The molecule has 1 fully saturated rings. The number of fused-ring (bicyclic) bond motifs is 1. The van der Waals surface area contributed by atoms with Gasteiger partial charge in [0, 0.05) is 41.5 Å². The van der Waals surface area contributed by atoms with Crippen LogP contribution in [0.3, 0.4) is 0 Å². The number of aromatic nitrogens is 1. The Bertz CT molecular complexity index is 538. The lowest BCUT2D eigenvalue weighted by Gasteiger charge is -2.22. The Morgan fingerprint density at radius 3 is 3.18 bits per heavy atom. The number of pyridine rings is 1. The van der Waals surface area contributed by atoms with E-state index in [4.69, 9.17) is 0 Å². The molecule has 3 rings (SSSR count). The van der Waals surface area contributed by atoms with Crippen LogP contribution in [0.25, 0.3) is 0 Å². The normalized spacial score (nSPS) is 23.1. The fourth-order valence-corrected chi connectivity index (χ4v) is 2.97. The smallest absolute Gasteiger partial charge is 0.243 e. The van der Waals surface area contributed by atoms with Crippen molar-refractivity contribution in [2.45, 2.75) is 11.7 Å². The molecule has 0 radical (unpaired) electrons. The zero-order chi connectivity index (χ0) is 11.8. The van der Waals surface area contributed by atoms with E-state index in [1.807, 2.05) is 12.3 Å². The average molecular weight is 245 g/mol. The summed E-state index contributed by atoms with van der Waals surface area (Å²) in [6, 6.07) is 1.88. The molecule has 0 spiro atoms. The first-order valence-electron chi connectivity index (χ1n) is 5.34. The van der Waals surface area contributed by atoms with E-state index < -0.39 is 0 Å². The largest absolute Gasteiger partial charge is 0.328 e. The van der Waals surface area contributed by atoms with Gasteiger partial charge in [-0.05, 0) is 6.07 Å². The number of nitrogens with one attached hydrogen (secondary N) is 1. The highest BCUT2D eigenvalue weighted by atomic mass is 32.2. The summed E-state index contributed by atoms with van der Waals surface area (Å²) in [5, 5.41) is 2.60. The molecule has 1 atom stereocenters. The summed E-state index contributed by atoms with van der Waals surface area (Å²) in [6.07, 6.45) is 4.26. The predicted molar refractivity (Wildman–Crippen MR) is 68.6 cm³/mol. The molecular weight excluding hydrogens is 234 g/mol. The summed E-state index contributed by atoms with van der Waals surface area (Å²) in [4.78, 5) is 20.4. The second-order valence-electron chi connectivity index (χ2n) is 4.07. The third kappa shape index (κ3) is 1.86.